The number of nitrogens with zero attached hydrogens (tertiary/aromatic N) is 5. The highest BCUT2D eigenvalue weighted by Gasteiger charge is 2.15. The van der Waals surface area contributed by atoms with Gasteiger partial charge in [-0.3, -0.25) is 0 Å². The van der Waals surface area contributed by atoms with Crippen molar-refractivity contribution in [3.8, 4) is 22.4 Å². The quantitative estimate of drug-likeness (QED) is 0.580. The van der Waals surface area contributed by atoms with E-state index in [4.69, 9.17) is 10.5 Å². The second kappa shape index (κ2) is 7.44. The Balaban J connectivity index is 1.60. The molecule has 3 aromatic heterocycles. The highest BCUT2D eigenvalue weighted by atomic mass is 16.5. The first kappa shape index (κ1) is 17.5. The zero-order chi connectivity index (χ0) is 19.6. The highest BCUT2D eigenvalue weighted by molar-refractivity contribution is 5.95. The van der Waals surface area contributed by atoms with Crippen LogP contribution in [-0.2, 0) is 4.74 Å². The van der Waals surface area contributed by atoms with Crippen molar-refractivity contribution in [2.45, 2.75) is 0 Å². The summed E-state index contributed by atoms with van der Waals surface area (Å²) < 4.78 is 5.45. The van der Waals surface area contributed by atoms with Crippen molar-refractivity contribution in [1.29, 1.82) is 0 Å². The van der Waals surface area contributed by atoms with Gasteiger partial charge in [0, 0.05) is 36.4 Å². The van der Waals surface area contributed by atoms with E-state index in [2.05, 4.69) is 37.0 Å². The maximum Gasteiger partial charge on any atom is 0.129 e. The fraction of sp³-hybridized carbons (Fsp3) is 0.182. The summed E-state index contributed by atoms with van der Waals surface area (Å²) in [5.74, 6) is 1.44. The van der Waals surface area contributed by atoms with Gasteiger partial charge in [-0.2, -0.15) is 0 Å². The van der Waals surface area contributed by atoms with Crippen molar-refractivity contribution in [2.24, 2.45) is 0 Å². The standard InChI is InChI=1S/C22H20N6O/c23-20-12-16(3-5-24-20)15-1-2-19-18(11-15)22(27-14-26-19)17-4-6-25-21(13-17)28-7-9-29-10-8-28/h1-6,11-14H,7-10H2,(H2,23,24). The number of aromatic nitrogens is 4. The molecule has 4 aromatic rings. The summed E-state index contributed by atoms with van der Waals surface area (Å²) in [6.07, 6.45) is 5.16. The van der Waals surface area contributed by atoms with Crippen molar-refractivity contribution in [3.63, 3.8) is 0 Å². The Morgan fingerprint density at radius 3 is 2.45 bits per heavy atom. The number of fused-ring (bicyclic) bond motifs is 1. The molecule has 7 heteroatoms. The molecule has 0 bridgehead atoms. The van der Waals surface area contributed by atoms with E-state index in [-0.39, 0.29) is 0 Å². The summed E-state index contributed by atoms with van der Waals surface area (Å²) in [5.41, 5.74) is 10.7. The van der Waals surface area contributed by atoms with Crippen molar-refractivity contribution in [2.75, 3.05) is 36.9 Å². The number of hydrogen-bond donors (Lipinski definition) is 1. The first-order valence-corrected chi connectivity index (χ1v) is 9.54. The van der Waals surface area contributed by atoms with Crippen LogP contribution in [-0.4, -0.2) is 46.2 Å². The van der Waals surface area contributed by atoms with Gasteiger partial charge in [-0.25, -0.2) is 19.9 Å². The summed E-state index contributed by atoms with van der Waals surface area (Å²) in [5, 5.41) is 0.986. The lowest BCUT2D eigenvalue weighted by Crippen LogP contribution is -2.36. The molecule has 1 aliphatic heterocycles. The van der Waals surface area contributed by atoms with Crippen LogP contribution in [0.4, 0.5) is 11.6 Å². The van der Waals surface area contributed by atoms with Crippen molar-refractivity contribution in [3.05, 3.63) is 61.2 Å². The molecule has 4 heterocycles. The Labute approximate surface area is 168 Å². The number of morpholine rings is 1. The van der Waals surface area contributed by atoms with Gasteiger partial charge in [0.25, 0.3) is 0 Å². The summed E-state index contributed by atoms with van der Waals surface area (Å²) in [4.78, 5) is 19.9. The molecule has 29 heavy (non-hydrogen) atoms. The van der Waals surface area contributed by atoms with Gasteiger partial charge < -0.3 is 15.4 Å². The van der Waals surface area contributed by atoms with Crippen molar-refractivity contribution >= 4 is 22.5 Å². The maximum atomic E-state index is 5.86. The van der Waals surface area contributed by atoms with Crippen LogP contribution in [0.1, 0.15) is 0 Å². The van der Waals surface area contributed by atoms with Gasteiger partial charge in [0.1, 0.15) is 18.0 Å². The molecule has 1 fully saturated rings. The zero-order valence-corrected chi connectivity index (χ0v) is 15.8. The van der Waals surface area contributed by atoms with E-state index in [9.17, 15) is 0 Å². The van der Waals surface area contributed by atoms with Crippen LogP contribution in [0.5, 0.6) is 0 Å². The van der Waals surface area contributed by atoms with Crippen LogP contribution in [0.15, 0.2) is 61.2 Å². The van der Waals surface area contributed by atoms with E-state index in [1.165, 1.54) is 0 Å². The van der Waals surface area contributed by atoms with Crippen LogP contribution >= 0.6 is 0 Å². The lowest BCUT2D eigenvalue weighted by atomic mass is 10.0. The SMILES string of the molecule is Nc1cc(-c2ccc3ncnc(-c4ccnc(N5CCOCC5)c4)c3c2)ccn1. The second-order valence-corrected chi connectivity index (χ2v) is 6.93. The molecule has 0 saturated carbocycles. The largest absolute Gasteiger partial charge is 0.384 e. The minimum absolute atomic E-state index is 0.497. The summed E-state index contributed by atoms with van der Waals surface area (Å²) >= 11 is 0. The molecular weight excluding hydrogens is 364 g/mol. The molecule has 5 rings (SSSR count). The van der Waals surface area contributed by atoms with Crippen molar-refractivity contribution in [1.82, 2.24) is 19.9 Å². The predicted molar refractivity (Wildman–Crippen MR) is 113 cm³/mol. The Kier molecular flexibility index (Phi) is 4.50. The second-order valence-electron chi connectivity index (χ2n) is 6.93. The minimum atomic E-state index is 0.497. The first-order chi connectivity index (χ1) is 14.3. The van der Waals surface area contributed by atoms with E-state index in [1.807, 2.05) is 36.5 Å². The van der Waals surface area contributed by atoms with Gasteiger partial charge in [-0.05, 0) is 47.5 Å². The highest BCUT2D eigenvalue weighted by Crippen LogP contribution is 2.31. The molecular formula is C22H20N6O. The van der Waals surface area contributed by atoms with E-state index in [1.54, 1.807) is 12.5 Å². The molecule has 0 radical (unpaired) electrons. The Morgan fingerprint density at radius 1 is 0.793 bits per heavy atom. The molecule has 144 valence electrons. The van der Waals surface area contributed by atoms with Crippen LogP contribution in [0.3, 0.4) is 0 Å². The topological polar surface area (TPSA) is 90.0 Å². The molecule has 0 atom stereocenters. The fourth-order valence-corrected chi connectivity index (χ4v) is 3.63. The lowest BCUT2D eigenvalue weighted by Gasteiger charge is -2.28. The third-order valence-electron chi connectivity index (χ3n) is 5.10. The Bertz CT molecular complexity index is 1170. The third kappa shape index (κ3) is 3.48. The Morgan fingerprint density at radius 2 is 1.59 bits per heavy atom. The third-order valence-corrected chi connectivity index (χ3v) is 5.10. The summed E-state index contributed by atoms with van der Waals surface area (Å²) in [7, 11) is 0. The average Bonchev–Trinajstić information content (AvgIpc) is 2.79. The van der Waals surface area contributed by atoms with Crippen molar-refractivity contribution < 1.29 is 4.74 Å². The molecule has 0 aliphatic carbocycles. The van der Waals surface area contributed by atoms with Crippen LogP contribution in [0.2, 0.25) is 0 Å². The maximum absolute atomic E-state index is 5.86. The molecule has 7 nitrogen and oxygen atoms in total. The molecule has 0 unspecified atom stereocenters. The number of ether oxygens (including phenoxy) is 1. The number of pyridine rings is 2. The number of nitrogen functional groups attached to an aromatic ring is 1. The van der Waals surface area contributed by atoms with Gasteiger partial charge in [-0.15, -0.1) is 0 Å². The number of rotatable bonds is 3. The smallest absolute Gasteiger partial charge is 0.129 e. The van der Waals surface area contributed by atoms with Gasteiger partial charge in [-0.1, -0.05) is 6.07 Å². The molecule has 0 spiro atoms. The normalized spacial score (nSPS) is 14.3. The molecule has 1 aromatic carbocycles. The van der Waals surface area contributed by atoms with E-state index >= 15 is 0 Å². The molecule has 0 amide bonds. The van der Waals surface area contributed by atoms with Crippen LogP contribution in [0.25, 0.3) is 33.3 Å². The number of hydrogen-bond acceptors (Lipinski definition) is 7. The Hall–Kier alpha value is -3.58. The van der Waals surface area contributed by atoms with E-state index < -0.39 is 0 Å². The van der Waals surface area contributed by atoms with Gasteiger partial charge in [0.2, 0.25) is 0 Å². The molecule has 1 aliphatic rings. The van der Waals surface area contributed by atoms with Gasteiger partial charge >= 0.3 is 0 Å². The zero-order valence-electron chi connectivity index (χ0n) is 15.8. The number of benzene rings is 1. The minimum Gasteiger partial charge on any atom is -0.384 e. The van der Waals surface area contributed by atoms with Crippen LogP contribution < -0.4 is 10.6 Å². The van der Waals surface area contributed by atoms with E-state index in [0.717, 1.165) is 65.4 Å². The fourth-order valence-electron chi connectivity index (χ4n) is 3.63. The molecule has 2 N–H and O–H groups in total. The summed E-state index contributed by atoms with van der Waals surface area (Å²) in [6.45, 7) is 3.13. The summed E-state index contributed by atoms with van der Waals surface area (Å²) in [6, 6.07) is 14.1. The van der Waals surface area contributed by atoms with Gasteiger partial charge in [0.05, 0.1) is 24.4 Å². The van der Waals surface area contributed by atoms with Crippen LogP contribution in [0, 0.1) is 0 Å². The lowest BCUT2D eigenvalue weighted by molar-refractivity contribution is 0.122. The number of anilines is 2. The monoisotopic (exact) mass is 384 g/mol. The van der Waals surface area contributed by atoms with E-state index in [0.29, 0.717) is 5.82 Å². The van der Waals surface area contributed by atoms with Gasteiger partial charge in [0.15, 0.2) is 0 Å². The average molecular weight is 384 g/mol. The number of nitrogens with two attached hydrogens (primary N) is 1. The predicted octanol–water partition coefficient (Wildman–Crippen LogP) is 3.17. The first-order valence-electron chi connectivity index (χ1n) is 9.54. The molecule has 1 saturated heterocycles.